The largest absolute Gasteiger partial charge is 0.497 e. The highest BCUT2D eigenvalue weighted by Gasteiger charge is 2.19. The fourth-order valence-electron chi connectivity index (χ4n) is 3.53. The van der Waals surface area contributed by atoms with Crippen LogP contribution in [0.1, 0.15) is 22.8 Å². The minimum Gasteiger partial charge on any atom is -0.497 e. The van der Waals surface area contributed by atoms with Gasteiger partial charge in [-0.2, -0.15) is 0 Å². The van der Waals surface area contributed by atoms with E-state index in [-0.39, 0.29) is 5.91 Å². The highest BCUT2D eigenvalue weighted by molar-refractivity contribution is 6.08. The summed E-state index contributed by atoms with van der Waals surface area (Å²) in [6.45, 7) is 2.06. The maximum absolute atomic E-state index is 13.1. The van der Waals surface area contributed by atoms with E-state index in [0.717, 1.165) is 23.2 Å². The predicted molar refractivity (Wildman–Crippen MR) is 124 cm³/mol. The van der Waals surface area contributed by atoms with Gasteiger partial charge in [0.05, 0.1) is 31.5 Å². The van der Waals surface area contributed by atoms with E-state index in [1.165, 1.54) is 0 Å². The van der Waals surface area contributed by atoms with Gasteiger partial charge in [0.25, 0.3) is 5.91 Å². The standard InChI is InChI=1S/C26H24N2O4/c1-4-17-9-5-8-12-22(17)28-25(29)19-10-6-7-11-20(19)26-27-16-24(32-26)21-14-13-18(30-2)15-23(21)31-3/h5-16H,4H2,1-3H3,(H,28,29). The lowest BCUT2D eigenvalue weighted by Crippen LogP contribution is -2.14. The number of ether oxygens (including phenoxy) is 2. The zero-order chi connectivity index (χ0) is 22.5. The van der Waals surface area contributed by atoms with Crippen molar-refractivity contribution < 1.29 is 18.7 Å². The van der Waals surface area contributed by atoms with Gasteiger partial charge < -0.3 is 19.2 Å². The molecular weight excluding hydrogens is 404 g/mol. The van der Waals surface area contributed by atoms with Crippen molar-refractivity contribution in [2.45, 2.75) is 13.3 Å². The van der Waals surface area contributed by atoms with Crippen LogP contribution in [0.25, 0.3) is 22.8 Å². The second-order valence-electron chi connectivity index (χ2n) is 7.11. The third-order valence-electron chi connectivity index (χ3n) is 5.23. The quantitative estimate of drug-likeness (QED) is 0.400. The van der Waals surface area contributed by atoms with Gasteiger partial charge in [-0.3, -0.25) is 4.79 Å². The molecule has 0 saturated carbocycles. The molecule has 6 nitrogen and oxygen atoms in total. The topological polar surface area (TPSA) is 73.6 Å². The normalized spacial score (nSPS) is 10.6. The van der Waals surface area contributed by atoms with Gasteiger partial charge in [0, 0.05) is 17.3 Å². The summed E-state index contributed by atoms with van der Waals surface area (Å²) >= 11 is 0. The summed E-state index contributed by atoms with van der Waals surface area (Å²) < 4.78 is 16.8. The molecule has 32 heavy (non-hydrogen) atoms. The van der Waals surface area contributed by atoms with Crippen molar-refractivity contribution in [3.8, 4) is 34.3 Å². The molecule has 1 aromatic heterocycles. The van der Waals surface area contributed by atoms with E-state index < -0.39 is 0 Å². The number of nitrogens with zero attached hydrogens (tertiary/aromatic N) is 1. The van der Waals surface area contributed by atoms with Crippen molar-refractivity contribution in [2.24, 2.45) is 0 Å². The van der Waals surface area contributed by atoms with Crippen molar-refractivity contribution in [3.63, 3.8) is 0 Å². The lowest BCUT2D eigenvalue weighted by Gasteiger charge is -2.11. The molecule has 0 saturated heterocycles. The number of hydrogen-bond acceptors (Lipinski definition) is 5. The summed E-state index contributed by atoms with van der Waals surface area (Å²) in [5, 5.41) is 3.02. The molecule has 1 N–H and O–H groups in total. The first-order valence-corrected chi connectivity index (χ1v) is 10.3. The highest BCUT2D eigenvalue weighted by Crippen LogP contribution is 2.36. The SMILES string of the molecule is CCc1ccccc1NC(=O)c1ccccc1-c1ncc(-c2ccc(OC)cc2OC)o1. The molecule has 0 unspecified atom stereocenters. The van der Waals surface area contributed by atoms with Gasteiger partial charge in [0.1, 0.15) is 11.5 Å². The zero-order valence-electron chi connectivity index (χ0n) is 18.2. The van der Waals surface area contributed by atoms with Crippen molar-refractivity contribution >= 4 is 11.6 Å². The number of oxazole rings is 1. The lowest BCUT2D eigenvalue weighted by molar-refractivity contribution is 0.102. The first-order chi connectivity index (χ1) is 15.6. The van der Waals surface area contributed by atoms with E-state index in [1.54, 1.807) is 32.5 Å². The van der Waals surface area contributed by atoms with Crippen LogP contribution in [0.3, 0.4) is 0 Å². The Morgan fingerprint density at radius 3 is 2.53 bits per heavy atom. The molecule has 1 heterocycles. The molecule has 3 aromatic carbocycles. The van der Waals surface area contributed by atoms with Crippen LogP contribution in [-0.2, 0) is 6.42 Å². The molecule has 6 heteroatoms. The summed E-state index contributed by atoms with van der Waals surface area (Å²) in [7, 11) is 3.19. The highest BCUT2D eigenvalue weighted by atomic mass is 16.5. The smallest absolute Gasteiger partial charge is 0.256 e. The zero-order valence-corrected chi connectivity index (χ0v) is 18.2. The Morgan fingerprint density at radius 2 is 1.75 bits per heavy atom. The molecule has 0 aliphatic rings. The average molecular weight is 428 g/mol. The Balaban J connectivity index is 1.67. The first kappa shape index (κ1) is 21.2. The number of amides is 1. The molecule has 162 valence electrons. The molecule has 0 aliphatic carbocycles. The molecule has 4 aromatic rings. The molecular formula is C26H24N2O4. The van der Waals surface area contributed by atoms with Gasteiger partial charge in [0.2, 0.25) is 5.89 Å². The van der Waals surface area contributed by atoms with Crippen LogP contribution in [0.2, 0.25) is 0 Å². The van der Waals surface area contributed by atoms with Gasteiger partial charge in [-0.15, -0.1) is 0 Å². The van der Waals surface area contributed by atoms with Crippen LogP contribution in [0.5, 0.6) is 11.5 Å². The number of aromatic nitrogens is 1. The average Bonchev–Trinajstić information content (AvgIpc) is 3.33. The van der Waals surface area contributed by atoms with Gasteiger partial charge in [-0.1, -0.05) is 37.3 Å². The Hall–Kier alpha value is -4.06. The van der Waals surface area contributed by atoms with E-state index in [9.17, 15) is 4.79 Å². The Bertz CT molecular complexity index is 1250. The van der Waals surface area contributed by atoms with Crippen LogP contribution < -0.4 is 14.8 Å². The van der Waals surface area contributed by atoms with Gasteiger partial charge >= 0.3 is 0 Å². The Kier molecular flexibility index (Phi) is 6.22. The molecule has 4 rings (SSSR count). The fraction of sp³-hybridized carbons (Fsp3) is 0.154. The summed E-state index contributed by atoms with van der Waals surface area (Å²) in [6.07, 6.45) is 2.45. The second kappa shape index (κ2) is 9.39. The number of hydrogen-bond donors (Lipinski definition) is 1. The predicted octanol–water partition coefficient (Wildman–Crippen LogP) is 5.84. The van der Waals surface area contributed by atoms with Crippen LogP contribution >= 0.6 is 0 Å². The molecule has 1 amide bonds. The maximum Gasteiger partial charge on any atom is 0.256 e. The number of nitrogens with one attached hydrogen (secondary N) is 1. The summed E-state index contributed by atoms with van der Waals surface area (Å²) in [4.78, 5) is 17.5. The van der Waals surface area contributed by atoms with Crippen LogP contribution in [0, 0.1) is 0 Å². The van der Waals surface area contributed by atoms with Crippen molar-refractivity contribution in [1.82, 2.24) is 4.98 Å². The number of rotatable bonds is 7. The molecule has 0 aliphatic heterocycles. The van der Waals surface area contributed by atoms with E-state index in [4.69, 9.17) is 13.9 Å². The van der Waals surface area contributed by atoms with E-state index >= 15 is 0 Å². The Labute approximate surface area is 186 Å². The number of methoxy groups -OCH3 is 2. The number of carbonyl (C=O) groups is 1. The van der Waals surface area contributed by atoms with Crippen LogP contribution in [0.15, 0.2) is 77.3 Å². The van der Waals surface area contributed by atoms with Gasteiger partial charge in [-0.05, 0) is 42.3 Å². The Morgan fingerprint density at radius 1 is 0.969 bits per heavy atom. The van der Waals surface area contributed by atoms with Crippen molar-refractivity contribution in [1.29, 1.82) is 0 Å². The number of para-hydroxylation sites is 1. The maximum atomic E-state index is 13.1. The minimum atomic E-state index is -0.219. The number of aryl methyl sites for hydroxylation is 1. The van der Waals surface area contributed by atoms with Crippen molar-refractivity contribution in [2.75, 3.05) is 19.5 Å². The van der Waals surface area contributed by atoms with E-state index in [2.05, 4.69) is 17.2 Å². The first-order valence-electron chi connectivity index (χ1n) is 10.3. The van der Waals surface area contributed by atoms with Gasteiger partial charge in [0.15, 0.2) is 5.76 Å². The third-order valence-corrected chi connectivity index (χ3v) is 5.23. The molecule has 0 atom stereocenters. The fourth-order valence-corrected chi connectivity index (χ4v) is 3.53. The lowest BCUT2D eigenvalue weighted by atomic mass is 10.1. The second-order valence-corrected chi connectivity index (χ2v) is 7.11. The summed E-state index contributed by atoms with van der Waals surface area (Å²) in [5.41, 5.74) is 3.70. The molecule has 0 spiro atoms. The van der Waals surface area contributed by atoms with Gasteiger partial charge in [-0.25, -0.2) is 4.98 Å². The minimum absolute atomic E-state index is 0.219. The molecule has 0 radical (unpaired) electrons. The molecule has 0 bridgehead atoms. The van der Waals surface area contributed by atoms with Crippen LogP contribution in [0.4, 0.5) is 5.69 Å². The number of benzene rings is 3. The third kappa shape index (κ3) is 4.21. The van der Waals surface area contributed by atoms with Crippen molar-refractivity contribution in [3.05, 3.63) is 84.1 Å². The summed E-state index contributed by atoms with van der Waals surface area (Å²) in [6, 6.07) is 20.5. The van der Waals surface area contributed by atoms with E-state index in [1.807, 2.05) is 54.6 Å². The number of carbonyl (C=O) groups excluding carboxylic acids is 1. The van der Waals surface area contributed by atoms with Crippen LogP contribution in [-0.4, -0.2) is 25.1 Å². The monoisotopic (exact) mass is 428 g/mol. The molecule has 0 fully saturated rings. The summed E-state index contributed by atoms with van der Waals surface area (Å²) in [5.74, 6) is 1.95. The van der Waals surface area contributed by atoms with E-state index in [0.29, 0.717) is 34.3 Å². The number of anilines is 1.